The van der Waals surface area contributed by atoms with Crippen molar-refractivity contribution in [1.29, 1.82) is 0 Å². The zero-order valence-electron chi connectivity index (χ0n) is 12.6. The van der Waals surface area contributed by atoms with E-state index in [1.54, 1.807) is 0 Å². The van der Waals surface area contributed by atoms with Gasteiger partial charge >= 0.3 is 5.97 Å². The lowest BCUT2D eigenvalue weighted by molar-refractivity contribution is -0.138. The highest BCUT2D eigenvalue weighted by atomic mass is 16.4. The fourth-order valence-electron chi connectivity index (χ4n) is 1.81. The molecule has 6 N–H and O–H groups in total. The Morgan fingerprint density at radius 1 is 1.20 bits per heavy atom. The lowest BCUT2D eigenvalue weighted by atomic mass is 10.1. The van der Waals surface area contributed by atoms with Gasteiger partial charge < -0.3 is 21.9 Å². The van der Waals surface area contributed by atoms with Crippen molar-refractivity contribution in [3.63, 3.8) is 0 Å². The second-order valence-corrected chi connectivity index (χ2v) is 5.05. The summed E-state index contributed by atoms with van der Waals surface area (Å²) in [7, 11) is 0. The van der Waals surface area contributed by atoms with E-state index in [0.717, 1.165) is 13.0 Å². The Morgan fingerprint density at radius 2 is 1.85 bits per heavy atom. The van der Waals surface area contributed by atoms with Crippen LogP contribution in [0.4, 0.5) is 0 Å². The summed E-state index contributed by atoms with van der Waals surface area (Å²) in [5.41, 5.74) is 11.1. The molecule has 0 aliphatic rings. The minimum absolute atomic E-state index is 0.420. The predicted octanol–water partition coefficient (Wildman–Crippen LogP) is 1.44. The molecule has 0 radical (unpaired) electrons. The van der Waals surface area contributed by atoms with Crippen molar-refractivity contribution in [3.8, 4) is 0 Å². The maximum atomic E-state index is 10.5. The van der Waals surface area contributed by atoms with Gasteiger partial charge in [0.15, 0.2) is 5.96 Å². The lowest BCUT2D eigenvalue weighted by Gasteiger charge is -2.06. The molecule has 1 atom stereocenters. The summed E-state index contributed by atoms with van der Waals surface area (Å²) in [5, 5.41) is 11.7. The van der Waals surface area contributed by atoms with Crippen LogP contribution in [0, 0.1) is 0 Å². The van der Waals surface area contributed by atoms with E-state index in [0.29, 0.717) is 25.3 Å². The number of hydrogen-bond donors (Lipinski definition) is 4. The van der Waals surface area contributed by atoms with Crippen LogP contribution in [0.2, 0.25) is 0 Å². The van der Waals surface area contributed by atoms with Crippen LogP contribution in [-0.2, 0) is 4.79 Å². The third-order valence-corrected chi connectivity index (χ3v) is 3.11. The van der Waals surface area contributed by atoms with E-state index in [1.165, 1.54) is 32.1 Å². The molecule has 0 rings (SSSR count). The van der Waals surface area contributed by atoms with Gasteiger partial charge in [0.1, 0.15) is 6.04 Å². The highest BCUT2D eigenvalue weighted by molar-refractivity contribution is 5.77. The largest absolute Gasteiger partial charge is 0.480 e. The lowest BCUT2D eigenvalue weighted by Crippen LogP contribution is -2.33. The topological polar surface area (TPSA) is 114 Å². The van der Waals surface area contributed by atoms with E-state index >= 15 is 0 Å². The molecular formula is C14H30N4O2. The van der Waals surface area contributed by atoms with E-state index < -0.39 is 12.0 Å². The van der Waals surface area contributed by atoms with Gasteiger partial charge in [0.2, 0.25) is 0 Å². The number of aliphatic imine (C=N–C) groups is 1. The quantitative estimate of drug-likeness (QED) is 0.246. The van der Waals surface area contributed by atoms with Crippen LogP contribution in [-0.4, -0.2) is 36.2 Å². The van der Waals surface area contributed by atoms with Gasteiger partial charge in [-0.2, -0.15) is 0 Å². The van der Waals surface area contributed by atoms with Gasteiger partial charge in [-0.3, -0.25) is 9.79 Å². The molecule has 0 bridgehead atoms. The third kappa shape index (κ3) is 11.8. The summed E-state index contributed by atoms with van der Waals surface area (Å²) in [6, 6.07) is -0.803. The van der Waals surface area contributed by atoms with Gasteiger partial charge in [0, 0.05) is 13.1 Å². The summed E-state index contributed by atoms with van der Waals surface area (Å²) < 4.78 is 0. The van der Waals surface area contributed by atoms with E-state index in [4.69, 9.17) is 16.6 Å². The summed E-state index contributed by atoms with van der Waals surface area (Å²) in [6.45, 7) is 3.56. The average Bonchev–Trinajstić information content (AvgIpc) is 2.42. The number of carboxylic acids is 1. The fraction of sp³-hybridized carbons (Fsp3) is 0.857. The molecule has 6 heteroatoms. The minimum atomic E-state index is -0.969. The number of carbonyl (C=O) groups is 1. The summed E-state index contributed by atoms with van der Waals surface area (Å²) in [5.74, 6) is -0.536. The molecule has 0 aromatic rings. The molecule has 0 spiro atoms. The zero-order valence-corrected chi connectivity index (χ0v) is 12.6. The molecule has 0 saturated heterocycles. The smallest absolute Gasteiger partial charge is 0.320 e. The van der Waals surface area contributed by atoms with Crippen molar-refractivity contribution in [2.45, 2.75) is 64.3 Å². The Labute approximate surface area is 122 Å². The molecule has 0 aromatic heterocycles. The van der Waals surface area contributed by atoms with Gasteiger partial charge in [-0.15, -0.1) is 0 Å². The highest BCUT2D eigenvalue weighted by Gasteiger charge is 2.09. The first-order valence-electron chi connectivity index (χ1n) is 7.60. The Bertz CT molecular complexity index is 282. The third-order valence-electron chi connectivity index (χ3n) is 3.11. The number of guanidine groups is 1. The van der Waals surface area contributed by atoms with E-state index in [-0.39, 0.29) is 0 Å². The van der Waals surface area contributed by atoms with Gasteiger partial charge in [-0.25, -0.2) is 0 Å². The summed E-state index contributed by atoms with van der Waals surface area (Å²) in [6.07, 6.45) is 8.54. The average molecular weight is 286 g/mol. The second kappa shape index (κ2) is 12.7. The first kappa shape index (κ1) is 18.7. The molecule has 0 unspecified atom stereocenters. The van der Waals surface area contributed by atoms with Crippen LogP contribution in [0.15, 0.2) is 4.99 Å². The molecule has 118 valence electrons. The molecule has 0 heterocycles. The first-order valence-corrected chi connectivity index (χ1v) is 7.60. The molecule has 0 fully saturated rings. The van der Waals surface area contributed by atoms with Crippen LogP contribution < -0.4 is 16.8 Å². The number of unbranched alkanes of at least 4 members (excludes halogenated alkanes) is 5. The number of nitrogens with one attached hydrogen (secondary N) is 1. The first-order chi connectivity index (χ1) is 9.57. The maximum absolute atomic E-state index is 10.5. The number of carboxylic acid groups (broad SMARTS) is 1. The number of rotatable bonds is 12. The second-order valence-electron chi connectivity index (χ2n) is 5.05. The van der Waals surface area contributed by atoms with Gasteiger partial charge in [0.25, 0.3) is 0 Å². The van der Waals surface area contributed by atoms with Crippen LogP contribution in [0.25, 0.3) is 0 Å². The minimum Gasteiger partial charge on any atom is -0.480 e. The van der Waals surface area contributed by atoms with E-state index in [2.05, 4.69) is 17.2 Å². The highest BCUT2D eigenvalue weighted by Crippen LogP contribution is 2.03. The Morgan fingerprint density at radius 3 is 2.50 bits per heavy atom. The molecule has 0 aromatic carbocycles. The summed E-state index contributed by atoms with van der Waals surface area (Å²) in [4.78, 5) is 14.6. The van der Waals surface area contributed by atoms with Crippen molar-refractivity contribution in [2.75, 3.05) is 13.1 Å². The molecule has 0 aliphatic heterocycles. The maximum Gasteiger partial charge on any atom is 0.320 e. The Hall–Kier alpha value is -1.30. The van der Waals surface area contributed by atoms with E-state index in [1.807, 2.05) is 0 Å². The molecule has 0 amide bonds. The molecule has 20 heavy (non-hydrogen) atoms. The van der Waals surface area contributed by atoms with Crippen molar-refractivity contribution in [1.82, 2.24) is 5.32 Å². The fourth-order valence-corrected chi connectivity index (χ4v) is 1.81. The van der Waals surface area contributed by atoms with Crippen molar-refractivity contribution in [2.24, 2.45) is 16.5 Å². The van der Waals surface area contributed by atoms with Crippen molar-refractivity contribution in [3.05, 3.63) is 0 Å². The van der Waals surface area contributed by atoms with Gasteiger partial charge in [-0.05, 0) is 19.3 Å². The van der Waals surface area contributed by atoms with Crippen LogP contribution in [0.1, 0.15) is 58.3 Å². The van der Waals surface area contributed by atoms with Crippen LogP contribution in [0.3, 0.4) is 0 Å². The van der Waals surface area contributed by atoms with Crippen LogP contribution >= 0.6 is 0 Å². The van der Waals surface area contributed by atoms with Gasteiger partial charge in [0.05, 0.1) is 0 Å². The zero-order chi connectivity index (χ0) is 15.2. The number of aliphatic carboxylic acids is 1. The normalized spacial score (nSPS) is 13.2. The Balaban J connectivity index is 3.44. The number of nitrogens with two attached hydrogens (primary N) is 2. The van der Waals surface area contributed by atoms with Crippen molar-refractivity contribution >= 4 is 11.9 Å². The molecular weight excluding hydrogens is 256 g/mol. The SMILES string of the molecule is CCCCCCCCNC(N)=NCCC[C@H](N)C(=O)O. The molecule has 0 saturated carbocycles. The summed E-state index contributed by atoms with van der Waals surface area (Å²) >= 11 is 0. The standard InChI is InChI=1S/C14H30N4O2/c1-2-3-4-5-6-7-10-17-14(16)18-11-8-9-12(15)13(19)20/h12H,2-11,15H2,1H3,(H,19,20)(H3,16,17,18)/t12-/m0/s1. The Kier molecular flexibility index (Phi) is 11.9. The monoisotopic (exact) mass is 286 g/mol. The van der Waals surface area contributed by atoms with E-state index in [9.17, 15) is 4.79 Å². The van der Waals surface area contributed by atoms with Crippen LogP contribution in [0.5, 0.6) is 0 Å². The molecule has 6 nitrogen and oxygen atoms in total. The molecule has 0 aliphatic carbocycles. The number of nitrogens with zero attached hydrogens (tertiary/aromatic N) is 1. The van der Waals surface area contributed by atoms with Gasteiger partial charge in [-0.1, -0.05) is 39.0 Å². The van der Waals surface area contributed by atoms with Crippen molar-refractivity contribution < 1.29 is 9.90 Å². The predicted molar refractivity (Wildman–Crippen MR) is 82.7 cm³/mol. The number of hydrogen-bond acceptors (Lipinski definition) is 3.